The number of nitrogens with zero attached hydrogens (tertiary/aromatic N) is 2. The van der Waals surface area contributed by atoms with Crippen LogP contribution in [-0.2, 0) is 0 Å². The number of aromatic amines is 1. The number of H-pyrrole nitrogens is 1. The van der Waals surface area contributed by atoms with Gasteiger partial charge in [0.25, 0.3) is 5.56 Å². The van der Waals surface area contributed by atoms with Crippen LogP contribution in [0.15, 0.2) is 39.2 Å². The molecule has 0 aliphatic rings. The summed E-state index contributed by atoms with van der Waals surface area (Å²) < 4.78 is 0. The van der Waals surface area contributed by atoms with Crippen molar-refractivity contribution in [2.45, 2.75) is 10.1 Å². The third kappa shape index (κ3) is 2.66. The molecule has 18 heavy (non-hydrogen) atoms. The summed E-state index contributed by atoms with van der Waals surface area (Å²) in [6.07, 6.45) is 1.38. The lowest BCUT2D eigenvalue weighted by Crippen LogP contribution is -2.10. The number of nitrogens with two attached hydrogens (primary N) is 1. The molecule has 0 aromatic carbocycles. The van der Waals surface area contributed by atoms with Gasteiger partial charge in [-0.1, -0.05) is 0 Å². The molecule has 2 aromatic heterocycles. The average Bonchev–Trinajstić information content (AvgIpc) is 2.27. The Morgan fingerprint density at radius 1 is 1.50 bits per heavy atom. The van der Waals surface area contributed by atoms with E-state index in [-0.39, 0.29) is 16.7 Å². The van der Waals surface area contributed by atoms with E-state index in [1.54, 1.807) is 12.1 Å². The number of pyridine rings is 1. The molecule has 0 atom stereocenters. The molecule has 8 heteroatoms. The third-order valence-corrected chi connectivity index (χ3v) is 2.86. The molecular weight excluding hydrogens is 256 g/mol. The lowest BCUT2D eigenvalue weighted by Gasteiger charge is -2.03. The monoisotopic (exact) mass is 264 g/mol. The minimum Gasteiger partial charge on any atom is -0.476 e. The van der Waals surface area contributed by atoms with Crippen molar-refractivity contribution in [3.05, 3.63) is 40.4 Å². The minimum atomic E-state index is -1.15. The van der Waals surface area contributed by atoms with Crippen molar-refractivity contribution < 1.29 is 9.90 Å². The number of nitrogens with one attached hydrogen (secondary N) is 1. The molecule has 0 amide bonds. The van der Waals surface area contributed by atoms with Crippen molar-refractivity contribution in [1.29, 1.82) is 0 Å². The SMILES string of the molecule is Nc1cc(=O)[nH]c(Sc2cccnc2C(=O)O)n1. The molecule has 92 valence electrons. The van der Waals surface area contributed by atoms with E-state index in [1.807, 2.05) is 0 Å². The second kappa shape index (κ2) is 4.88. The number of hydrogen-bond acceptors (Lipinski definition) is 6. The van der Waals surface area contributed by atoms with Crippen LogP contribution in [0.4, 0.5) is 5.82 Å². The number of carboxylic acid groups (broad SMARTS) is 1. The number of hydrogen-bond donors (Lipinski definition) is 3. The number of carbonyl (C=O) groups is 1. The Labute approximate surface area is 105 Å². The van der Waals surface area contributed by atoms with Gasteiger partial charge in [0.15, 0.2) is 10.9 Å². The Balaban J connectivity index is 2.40. The summed E-state index contributed by atoms with van der Waals surface area (Å²) in [5.41, 5.74) is 4.93. The number of aromatic nitrogens is 3. The van der Waals surface area contributed by atoms with E-state index in [2.05, 4.69) is 15.0 Å². The molecule has 4 N–H and O–H groups in total. The number of carboxylic acids is 1. The van der Waals surface area contributed by atoms with Crippen LogP contribution < -0.4 is 11.3 Å². The van der Waals surface area contributed by atoms with Crippen LogP contribution in [0.2, 0.25) is 0 Å². The summed E-state index contributed by atoms with van der Waals surface area (Å²) >= 11 is 0.981. The highest BCUT2D eigenvalue weighted by molar-refractivity contribution is 7.99. The molecule has 7 nitrogen and oxygen atoms in total. The maximum Gasteiger partial charge on any atom is 0.355 e. The molecule has 2 heterocycles. The molecule has 0 bridgehead atoms. The van der Waals surface area contributed by atoms with Gasteiger partial charge < -0.3 is 15.8 Å². The Morgan fingerprint density at radius 3 is 2.94 bits per heavy atom. The summed E-state index contributed by atoms with van der Waals surface area (Å²) in [4.78, 5) is 32.6. The zero-order chi connectivity index (χ0) is 13.1. The van der Waals surface area contributed by atoms with Crippen LogP contribution in [0.3, 0.4) is 0 Å². The van der Waals surface area contributed by atoms with Gasteiger partial charge in [0.05, 0.1) is 0 Å². The smallest absolute Gasteiger partial charge is 0.355 e. The second-order valence-corrected chi connectivity index (χ2v) is 4.26. The molecule has 2 aromatic rings. The van der Waals surface area contributed by atoms with E-state index in [0.29, 0.717) is 4.90 Å². The van der Waals surface area contributed by atoms with E-state index < -0.39 is 11.5 Å². The van der Waals surface area contributed by atoms with E-state index >= 15 is 0 Å². The normalized spacial score (nSPS) is 10.2. The van der Waals surface area contributed by atoms with Gasteiger partial charge in [-0.05, 0) is 23.9 Å². The van der Waals surface area contributed by atoms with Gasteiger partial charge in [-0.25, -0.2) is 14.8 Å². The molecule has 0 fully saturated rings. The second-order valence-electron chi connectivity index (χ2n) is 3.23. The van der Waals surface area contributed by atoms with Crippen LogP contribution in [-0.4, -0.2) is 26.0 Å². The van der Waals surface area contributed by atoms with Gasteiger partial charge in [0, 0.05) is 17.2 Å². The van der Waals surface area contributed by atoms with Gasteiger partial charge in [0.2, 0.25) is 0 Å². The van der Waals surface area contributed by atoms with Gasteiger partial charge >= 0.3 is 5.97 Å². The molecular formula is C10H8N4O3S. The van der Waals surface area contributed by atoms with Crippen molar-refractivity contribution in [2.24, 2.45) is 0 Å². The fourth-order valence-electron chi connectivity index (χ4n) is 1.24. The van der Waals surface area contributed by atoms with Crippen molar-refractivity contribution in [3.63, 3.8) is 0 Å². The summed E-state index contributed by atoms with van der Waals surface area (Å²) in [5, 5.41) is 9.18. The molecule has 0 aliphatic carbocycles. The van der Waals surface area contributed by atoms with Gasteiger partial charge in [-0.3, -0.25) is 4.79 Å². The molecule has 0 radical (unpaired) electrons. The summed E-state index contributed by atoms with van der Waals surface area (Å²) in [7, 11) is 0. The topological polar surface area (TPSA) is 122 Å². The predicted octanol–water partition coefficient (Wildman–Crippen LogP) is 0.596. The van der Waals surface area contributed by atoms with Crippen molar-refractivity contribution in [2.75, 3.05) is 5.73 Å². The fourth-order valence-corrected chi connectivity index (χ4v) is 2.13. The fraction of sp³-hybridized carbons (Fsp3) is 0. The first-order valence-corrected chi connectivity index (χ1v) is 5.61. The Hall–Kier alpha value is -2.35. The average molecular weight is 264 g/mol. The first-order valence-electron chi connectivity index (χ1n) is 4.79. The Bertz CT molecular complexity index is 656. The van der Waals surface area contributed by atoms with Gasteiger partial charge in [-0.15, -0.1) is 0 Å². The largest absolute Gasteiger partial charge is 0.476 e. The summed E-state index contributed by atoms with van der Waals surface area (Å²) in [5.74, 6) is -1.08. The molecule has 2 rings (SSSR count). The van der Waals surface area contributed by atoms with E-state index in [9.17, 15) is 9.59 Å². The standard InChI is InChI=1S/C10H8N4O3S/c11-6-4-7(15)14-10(13-6)18-5-2-1-3-12-8(5)9(16)17/h1-4H,(H,16,17)(H3,11,13,14,15). The van der Waals surface area contributed by atoms with Crippen molar-refractivity contribution in [3.8, 4) is 0 Å². The van der Waals surface area contributed by atoms with E-state index in [4.69, 9.17) is 10.8 Å². The number of rotatable bonds is 3. The molecule has 0 saturated heterocycles. The van der Waals surface area contributed by atoms with Gasteiger partial charge in [0.1, 0.15) is 5.82 Å². The molecule has 0 saturated carbocycles. The molecule has 0 unspecified atom stereocenters. The van der Waals surface area contributed by atoms with E-state index in [0.717, 1.165) is 17.8 Å². The summed E-state index contributed by atoms with van der Waals surface area (Å²) in [6, 6.07) is 4.31. The lowest BCUT2D eigenvalue weighted by atomic mass is 10.3. The van der Waals surface area contributed by atoms with Crippen molar-refractivity contribution >= 4 is 23.5 Å². The Kier molecular flexibility index (Phi) is 3.28. The van der Waals surface area contributed by atoms with Crippen LogP contribution in [0.1, 0.15) is 10.5 Å². The highest BCUT2D eigenvalue weighted by Crippen LogP contribution is 2.26. The Morgan fingerprint density at radius 2 is 2.28 bits per heavy atom. The lowest BCUT2D eigenvalue weighted by molar-refractivity contribution is 0.0686. The zero-order valence-electron chi connectivity index (χ0n) is 8.95. The third-order valence-electron chi connectivity index (χ3n) is 1.92. The van der Waals surface area contributed by atoms with E-state index in [1.165, 1.54) is 6.20 Å². The minimum absolute atomic E-state index is 0.0713. The quantitative estimate of drug-likeness (QED) is 0.693. The van der Waals surface area contributed by atoms with Crippen LogP contribution in [0, 0.1) is 0 Å². The first-order chi connectivity index (χ1) is 8.56. The molecule has 0 spiro atoms. The number of anilines is 1. The van der Waals surface area contributed by atoms with Crippen molar-refractivity contribution in [1.82, 2.24) is 15.0 Å². The maximum atomic E-state index is 11.2. The predicted molar refractivity (Wildman–Crippen MR) is 64.6 cm³/mol. The highest BCUT2D eigenvalue weighted by Gasteiger charge is 2.13. The zero-order valence-corrected chi connectivity index (χ0v) is 9.77. The number of aromatic carboxylic acids is 1. The van der Waals surface area contributed by atoms with Crippen LogP contribution >= 0.6 is 11.8 Å². The molecule has 0 aliphatic heterocycles. The van der Waals surface area contributed by atoms with Crippen LogP contribution in [0.5, 0.6) is 0 Å². The first kappa shape index (κ1) is 12.1. The maximum absolute atomic E-state index is 11.2. The highest BCUT2D eigenvalue weighted by atomic mass is 32.2. The number of nitrogen functional groups attached to an aromatic ring is 1. The summed E-state index contributed by atoms with van der Waals surface area (Å²) in [6.45, 7) is 0. The van der Waals surface area contributed by atoms with Crippen LogP contribution in [0.25, 0.3) is 0 Å². The van der Waals surface area contributed by atoms with Gasteiger partial charge in [-0.2, -0.15) is 0 Å².